The van der Waals surface area contributed by atoms with Gasteiger partial charge in [-0.25, -0.2) is 12.8 Å². The fourth-order valence-electron chi connectivity index (χ4n) is 1.69. The van der Waals surface area contributed by atoms with E-state index < -0.39 is 15.8 Å². The van der Waals surface area contributed by atoms with Crippen LogP contribution in [0.4, 0.5) is 10.1 Å². The van der Waals surface area contributed by atoms with Gasteiger partial charge in [0.15, 0.2) is 0 Å². The second-order valence-electron chi connectivity index (χ2n) is 4.17. The quantitative estimate of drug-likeness (QED) is 0.863. The van der Waals surface area contributed by atoms with Crippen LogP contribution in [-0.4, -0.2) is 8.42 Å². The molecule has 0 aromatic heterocycles. The topological polar surface area (TPSA) is 46.2 Å². The summed E-state index contributed by atoms with van der Waals surface area (Å²) < 4.78 is 40.8. The Labute approximate surface area is 130 Å². The lowest BCUT2D eigenvalue weighted by Gasteiger charge is -2.11. The van der Waals surface area contributed by atoms with Crippen molar-refractivity contribution in [3.63, 3.8) is 0 Å². The van der Waals surface area contributed by atoms with Gasteiger partial charge in [0.05, 0.1) is 10.6 Å². The van der Waals surface area contributed by atoms with Crippen LogP contribution >= 0.6 is 27.5 Å². The smallest absolute Gasteiger partial charge is 0.262 e. The predicted octanol–water partition coefficient (Wildman–Crippen LogP) is 4.35. The predicted molar refractivity (Wildman–Crippen MR) is 81.1 cm³/mol. The molecule has 2 aromatic carbocycles. The highest BCUT2D eigenvalue weighted by Crippen LogP contribution is 2.25. The first-order chi connectivity index (χ1) is 9.28. The second-order valence-corrected chi connectivity index (χ2v) is 7.18. The van der Waals surface area contributed by atoms with Gasteiger partial charge in [-0.3, -0.25) is 4.72 Å². The van der Waals surface area contributed by atoms with Crippen LogP contribution in [0.2, 0.25) is 5.02 Å². The molecule has 0 fully saturated rings. The Morgan fingerprint density at radius 2 is 1.90 bits per heavy atom. The lowest BCUT2D eigenvalue weighted by molar-refractivity contribution is 0.600. The zero-order valence-corrected chi connectivity index (χ0v) is 13.5. The van der Waals surface area contributed by atoms with Crippen molar-refractivity contribution < 1.29 is 12.8 Å². The Kier molecular flexibility index (Phi) is 4.36. The minimum atomic E-state index is -3.81. The van der Waals surface area contributed by atoms with E-state index in [1.165, 1.54) is 12.1 Å². The largest absolute Gasteiger partial charge is 0.279 e. The molecule has 0 unspecified atom stereocenters. The summed E-state index contributed by atoms with van der Waals surface area (Å²) in [5, 5.41) is 0.119. The van der Waals surface area contributed by atoms with Crippen LogP contribution in [0.3, 0.4) is 0 Å². The number of aryl methyl sites for hydroxylation is 1. The zero-order valence-electron chi connectivity index (χ0n) is 10.3. The number of sulfonamides is 1. The molecule has 7 heteroatoms. The third-order valence-electron chi connectivity index (χ3n) is 2.55. The molecule has 0 amide bonds. The van der Waals surface area contributed by atoms with Crippen molar-refractivity contribution in [3.05, 3.63) is 57.3 Å². The third-order valence-corrected chi connectivity index (χ3v) is 4.79. The van der Waals surface area contributed by atoms with E-state index >= 15 is 0 Å². The number of nitrogens with one attached hydrogen (secondary N) is 1. The Hall–Kier alpha value is -1.11. The van der Waals surface area contributed by atoms with Crippen LogP contribution < -0.4 is 4.72 Å². The molecule has 1 N–H and O–H groups in total. The molecule has 2 aromatic rings. The first-order valence-electron chi connectivity index (χ1n) is 5.53. The van der Waals surface area contributed by atoms with E-state index in [-0.39, 0.29) is 15.6 Å². The van der Waals surface area contributed by atoms with Crippen molar-refractivity contribution in [3.8, 4) is 0 Å². The Morgan fingerprint density at radius 3 is 2.55 bits per heavy atom. The van der Waals surface area contributed by atoms with Gasteiger partial charge in [0.1, 0.15) is 5.82 Å². The number of halogens is 3. The van der Waals surface area contributed by atoms with Gasteiger partial charge >= 0.3 is 0 Å². The van der Waals surface area contributed by atoms with Gasteiger partial charge < -0.3 is 0 Å². The highest BCUT2D eigenvalue weighted by atomic mass is 79.9. The standard InChI is InChI=1S/C13H10BrClFNO2S/c1-8-2-3-9(14)4-13(8)20(18,19)17-12-6-10(15)5-11(16)7-12/h2-7,17H,1H3. The molecule has 106 valence electrons. The SMILES string of the molecule is Cc1ccc(Br)cc1S(=O)(=O)Nc1cc(F)cc(Cl)c1. The molecule has 0 aliphatic carbocycles. The van der Waals surface area contributed by atoms with Crippen molar-refractivity contribution >= 4 is 43.2 Å². The molecule has 0 saturated heterocycles. The molecular weight excluding hydrogens is 369 g/mol. The first-order valence-corrected chi connectivity index (χ1v) is 8.18. The highest BCUT2D eigenvalue weighted by molar-refractivity contribution is 9.10. The highest BCUT2D eigenvalue weighted by Gasteiger charge is 2.17. The van der Waals surface area contributed by atoms with Crippen molar-refractivity contribution in [2.45, 2.75) is 11.8 Å². The summed E-state index contributed by atoms with van der Waals surface area (Å²) in [6, 6.07) is 8.42. The lowest BCUT2D eigenvalue weighted by atomic mass is 10.2. The minimum Gasteiger partial charge on any atom is -0.279 e. The van der Waals surface area contributed by atoms with Crippen LogP contribution in [-0.2, 0) is 10.0 Å². The number of anilines is 1. The Bertz CT molecular complexity index is 745. The van der Waals surface area contributed by atoms with E-state index in [9.17, 15) is 12.8 Å². The molecule has 0 aliphatic heterocycles. The van der Waals surface area contributed by atoms with Gasteiger partial charge in [-0.15, -0.1) is 0 Å². The van der Waals surface area contributed by atoms with Gasteiger partial charge in [0.25, 0.3) is 10.0 Å². The van der Waals surface area contributed by atoms with Crippen LogP contribution in [0.1, 0.15) is 5.56 Å². The number of hydrogen-bond donors (Lipinski definition) is 1. The molecule has 20 heavy (non-hydrogen) atoms. The number of benzene rings is 2. The van der Waals surface area contributed by atoms with E-state index in [2.05, 4.69) is 20.7 Å². The van der Waals surface area contributed by atoms with Crippen molar-refractivity contribution in [2.75, 3.05) is 4.72 Å². The fraction of sp³-hybridized carbons (Fsp3) is 0.0769. The van der Waals surface area contributed by atoms with E-state index in [0.29, 0.717) is 10.0 Å². The van der Waals surface area contributed by atoms with Crippen molar-refractivity contribution in [1.82, 2.24) is 0 Å². The normalized spacial score (nSPS) is 11.4. The molecule has 0 spiro atoms. The monoisotopic (exact) mass is 377 g/mol. The van der Waals surface area contributed by atoms with Gasteiger partial charge in [-0.2, -0.15) is 0 Å². The summed E-state index contributed by atoms with van der Waals surface area (Å²) in [5.41, 5.74) is 0.664. The minimum absolute atomic E-state index is 0.0781. The average Bonchev–Trinajstić information content (AvgIpc) is 2.30. The van der Waals surface area contributed by atoms with E-state index in [1.54, 1.807) is 19.1 Å². The van der Waals surface area contributed by atoms with E-state index in [0.717, 1.165) is 12.1 Å². The maximum Gasteiger partial charge on any atom is 0.262 e. The van der Waals surface area contributed by atoms with Crippen LogP contribution in [0.5, 0.6) is 0 Å². The van der Waals surface area contributed by atoms with Gasteiger partial charge in [0, 0.05) is 9.50 Å². The maximum absolute atomic E-state index is 13.2. The van der Waals surface area contributed by atoms with Gasteiger partial charge in [0.2, 0.25) is 0 Å². The maximum atomic E-state index is 13.2. The van der Waals surface area contributed by atoms with Crippen molar-refractivity contribution in [1.29, 1.82) is 0 Å². The molecule has 0 aliphatic rings. The molecule has 0 heterocycles. The van der Waals surface area contributed by atoms with E-state index in [4.69, 9.17) is 11.6 Å². The molecule has 2 rings (SSSR count). The average molecular weight is 379 g/mol. The van der Waals surface area contributed by atoms with Gasteiger partial charge in [-0.1, -0.05) is 33.6 Å². The zero-order chi connectivity index (χ0) is 14.9. The van der Waals surface area contributed by atoms with E-state index in [1.807, 2.05) is 0 Å². The molecule has 0 atom stereocenters. The molecule has 0 bridgehead atoms. The van der Waals surface area contributed by atoms with Crippen LogP contribution in [0.15, 0.2) is 45.8 Å². The fourth-order valence-corrected chi connectivity index (χ4v) is 3.73. The molecule has 0 radical (unpaired) electrons. The summed E-state index contributed by atoms with van der Waals surface area (Å²) in [6.45, 7) is 1.68. The third kappa shape index (κ3) is 3.50. The summed E-state index contributed by atoms with van der Waals surface area (Å²) in [5.74, 6) is -0.610. The molecule has 0 saturated carbocycles. The second kappa shape index (κ2) is 5.71. The lowest BCUT2D eigenvalue weighted by Crippen LogP contribution is -2.14. The summed E-state index contributed by atoms with van der Waals surface area (Å²) >= 11 is 8.92. The summed E-state index contributed by atoms with van der Waals surface area (Å²) in [7, 11) is -3.81. The molecule has 3 nitrogen and oxygen atoms in total. The van der Waals surface area contributed by atoms with Crippen LogP contribution in [0, 0.1) is 12.7 Å². The first kappa shape index (κ1) is 15.3. The summed E-state index contributed by atoms with van der Waals surface area (Å²) in [6.07, 6.45) is 0. The Morgan fingerprint density at radius 1 is 1.20 bits per heavy atom. The van der Waals surface area contributed by atoms with Crippen molar-refractivity contribution in [2.24, 2.45) is 0 Å². The van der Waals surface area contributed by atoms with Gasteiger partial charge in [-0.05, 0) is 42.8 Å². The molecular formula is C13H10BrClFNO2S. The summed E-state index contributed by atoms with van der Waals surface area (Å²) in [4.78, 5) is 0.118. The van der Waals surface area contributed by atoms with Crippen LogP contribution in [0.25, 0.3) is 0 Å². The number of rotatable bonds is 3. The number of hydrogen-bond acceptors (Lipinski definition) is 2. The Balaban J connectivity index is 2.43.